The second kappa shape index (κ2) is 2.67. The van der Waals surface area contributed by atoms with Gasteiger partial charge in [-0.05, 0) is 13.3 Å². The van der Waals surface area contributed by atoms with Crippen LogP contribution in [0.15, 0.2) is 11.8 Å². The molecule has 2 heteroatoms. The Morgan fingerprint density at radius 1 is 1.78 bits per heavy atom. The Balaban J connectivity index is 2.47. The van der Waals surface area contributed by atoms with Gasteiger partial charge in [0.2, 0.25) is 0 Å². The highest BCUT2D eigenvalue weighted by atomic mass is 16.1. The van der Waals surface area contributed by atoms with Gasteiger partial charge >= 0.3 is 0 Å². The molecule has 50 valence electrons. The van der Waals surface area contributed by atoms with Crippen molar-refractivity contribution in [2.24, 2.45) is 0 Å². The van der Waals surface area contributed by atoms with Crippen LogP contribution in [-0.2, 0) is 4.79 Å². The van der Waals surface area contributed by atoms with E-state index in [1.54, 1.807) is 0 Å². The molecule has 0 saturated heterocycles. The summed E-state index contributed by atoms with van der Waals surface area (Å²) in [6.07, 6.45) is 3.58. The summed E-state index contributed by atoms with van der Waals surface area (Å²) in [5.41, 5.74) is 0.817. The van der Waals surface area contributed by atoms with Gasteiger partial charge in [-0.15, -0.1) is 0 Å². The Morgan fingerprint density at radius 2 is 2.56 bits per heavy atom. The van der Waals surface area contributed by atoms with Crippen LogP contribution in [0.4, 0.5) is 0 Å². The molecule has 0 aromatic carbocycles. The zero-order valence-corrected chi connectivity index (χ0v) is 5.61. The molecule has 1 aliphatic rings. The number of allylic oxidation sites excluding steroid dienone is 2. The number of carbonyl (C=O) groups excluding carboxylic acids is 1. The largest absolute Gasteiger partial charge is 0.383 e. The Labute approximate surface area is 54.9 Å². The molecule has 1 rings (SSSR count). The van der Waals surface area contributed by atoms with Crippen molar-refractivity contribution in [2.75, 3.05) is 6.54 Å². The second-order valence-corrected chi connectivity index (χ2v) is 2.11. The third-order valence-corrected chi connectivity index (χ3v) is 1.39. The normalized spacial score (nSPS) is 17.9. The SMILES string of the molecule is CCNC1=CCCC1=O. The number of ketones is 1. The first-order valence-electron chi connectivity index (χ1n) is 3.32. The van der Waals surface area contributed by atoms with Crippen LogP contribution in [-0.4, -0.2) is 12.3 Å². The van der Waals surface area contributed by atoms with Crippen LogP contribution in [0.2, 0.25) is 0 Å². The fourth-order valence-electron chi connectivity index (χ4n) is 0.957. The third kappa shape index (κ3) is 1.31. The van der Waals surface area contributed by atoms with Gasteiger partial charge < -0.3 is 5.32 Å². The first-order valence-corrected chi connectivity index (χ1v) is 3.32. The maximum Gasteiger partial charge on any atom is 0.178 e. The van der Waals surface area contributed by atoms with Gasteiger partial charge in [0.1, 0.15) is 0 Å². The summed E-state index contributed by atoms with van der Waals surface area (Å²) in [5.74, 6) is 0.261. The van der Waals surface area contributed by atoms with E-state index < -0.39 is 0 Å². The number of likely N-dealkylation sites (N-methyl/N-ethyl adjacent to an activating group) is 1. The summed E-state index contributed by atoms with van der Waals surface area (Å²) in [4.78, 5) is 10.8. The van der Waals surface area contributed by atoms with Crippen molar-refractivity contribution in [3.8, 4) is 0 Å². The third-order valence-electron chi connectivity index (χ3n) is 1.39. The molecule has 0 fully saturated rings. The van der Waals surface area contributed by atoms with Crippen molar-refractivity contribution in [1.29, 1.82) is 0 Å². The highest BCUT2D eigenvalue weighted by molar-refractivity contribution is 5.96. The first kappa shape index (κ1) is 6.33. The van der Waals surface area contributed by atoms with Crippen molar-refractivity contribution in [3.05, 3.63) is 11.8 Å². The fraction of sp³-hybridized carbons (Fsp3) is 0.571. The molecule has 0 spiro atoms. The quantitative estimate of drug-likeness (QED) is 0.592. The van der Waals surface area contributed by atoms with Crippen molar-refractivity contribution in [3.63, 3.8) is 0 Å². The van der Waals surface area contributed by atoms with Crippen LogP contribution in [0, 0.1) is 0 Å². The maximum atomic E-state index is 10.8. The summed E-state index contributed by atoms with van der Waals surface area (Å²) >= 11 is 0. The van der Waals surface area contributed by atoms with Gasteiger partial charge in [-0.1, -0.05) is 6.08 Å². The molecule has 0 amide bonds. The molecule has 0 radical (unpaired) electrons. The molecular formula is C7H11NO. The summed E-state index contributed by atoms with van der Waals surface area (Å²) < 4.78 is 0. The minimum absolute atomic E-state index is 0.261. The molecule has 2 nitrogen and oxygen atoms in total. The van der Waals surface area contributed by atoms with Crippen molar-refractivity contribution >= 4 is 5.78 Å². The van der Waals surface area contributed by atoms with Crippen LogP contribution in [0.5, 0.6) is 0 Å². The fourth-order valence-corrected chi connectivity index (χ4v) is 0.957. The van der Waals surface area contributed by atoms with E-state index in [2.05, 4.69) is 5.32 Å². The van der Waals surface area contributed by atoms with Gasteiger partial charge in [0.25, 0.3) is 0 Å². The Morgan fingerprint density at radius 3 is 3.00 bits per heavy atom. The predicted octanol–water partition coefficient (Wildman–Crippen LogP) is 0.843. The van der Waals surface area contributed by atoms with E-state index in [0.717, 1.165) is 18.7 Å². The maximum absolute atomic E-state index is 10.8. The van der Waals surface area contributed by atoms with Gasteiger partial charge in [-0.2, -0.15) is 0 Å². The topological polar surface area (TPSA) is 29.1 Å². The zero-order chi connectivity index (χ0) is 6.69. The van der Waals surface area contributed by atoms with Crippen LogP contribution >= 0.6 is 0 Å². The molecule has 0 aromatic heterocycles. The van der Waals surface area contributed by atoms with Gasteiger partial charge in [0.05, 0.1) is 5.70 Å². The molecule has 1 N–H and O–H groups in total. The van der Waals surface area contributed by atoms with Crippen LogP contribution in [0.3, 0.4) is 0 Å². The predicted molar refractivity (Wildman–Crippen MR) is 36.0 cm³/mol. The minimum Gasteiger partial charge on any atom is -0.383 e. The minimum atomic E-state index is 0.261. The molecule has 0 bridgehead atoms. The van der Waals surface area contributed by atoms with E-state index >= 15 is 0 Å². The summed E-state index contributed by atoms with van der Waals surface area (Å²) in [6, 6.07) is 0. The van der Waals surface area contributed by atoms with Crippen molar-refractivity contribution in [1.82, 2.24) is 5.32 Å². The van der Waals surface area contributed by atoms with Crippen LogP contribution in [0.1, 0.15) is 19.8 Å². The van der Waals surface area contributed by atoms with E-state index in [9.17, 15) is 4.79 Å². The molecule has 0 unspecified atom stereocenters. The van der Waals surface area contributed by atoms with Gasteiger partial charge in [-0.25, -0.2) is 0 Å². The van der Waals surface area contributed by atoms with Crippen molar-refractivity contribution in [2.45, 2.75) is 19.8 Å². The lowest BCUT2D eigenvalue weighted by atomic mass is 10.3. The number of nitrogens with one attached hydrogen (secondary N) is 1. The van der Waals surface area contributed by atoms with E-state index in [0.29, 0.717) is 6.42 Å². The number of Topliss-reactive ketones (excluding diaryl/α,β-unsaturated/α-hetero) is 1. The molecule has 9 heavy (non-hydrogen) atoms. The highest BCUT2D eigenvalue weighted by Gasteiger charge is 2.12. The van der Waals surface area contributed by atoms with Crippen LogP contribution < -0.4 is 5.32 Å². The number of hydrogen-bond acceptors (Lipinski definition) is 2. The molecule has 0 aromatic rings. The summed E-state index contributed by atoms with van der Waals surface area (Å²) in [5, 5.41) is 3.01. The lowest BCUT2D eigenvalue weighted by Crippen LogP contribution is -2.16. The standard InChI is InChI=1S/C7H11NO/c1-2-8-6-4-3-5-7(6)9/h4,8H,2-3,5H2,1H3. The second-order valence-electron chi connectivity index (χ2n) is 2.11. The van der Waals surface area contributed by atoms with Gasteiger partial charge in [-0.3, -0.25) is 4.79 Å². The van der Waals surface area contributed by atoms with Gasteiger partial charge in [0, 0.05) is 13.0 Å². The molecule has 0 aliphatic heterocycles. The Hall–Kier alpha value is -0.790. The molecule has 1 aliphatic carbocycles. The highest BCUT2D eigenvalue weighted by Crippen LogP contribution is 2.09. The smallest absolute Gasteiger partial charge is 0.178 e. The number of rotatable bonds is 2. The molecular weight excluding hydrogens is 114 g/mol. The van der Waals surface area contributed by atoms with E-state index in [4.69, 9.17) is 0 Å². The first-order chi connectivity index (χ1) is 4.34. The average molecular weight is 125 g/mol. The van der Waals surface area contributed by atoms with Gasteiger partial charge in [0.15, 0.2) is 5.78 Å². The molecule has 0 heterocycles. The van der Waals surface area contributed by atoms with Crippen LogP contribution in [0.25, 0.3) is 0 Å². The summed E-state index contributed by atoms with van der Waals surface area (Å²) in [7, 11) is 0. The summed E-state index contributed by atoms with van der Waals surface area (Å²) in [6.45, 7) is 2.84. The van der Waals surface area contributed by atoms with E-state index in [-0.39, 0.29) is 5.78 Å². The molecule has 0 atom stereocenters. The lowest BCUT2D eigenvalue weighted by molar-refractivity contribution is -0.115. The Bertz CT molecular complexity index is 149. The van der Waals surface area contributed by atoms with Crippen molar-refractivity contribution < 1.29 is 4.79 Å². The lowest BCUT2D eigenvalue weighted by Gasteiger charge is -1.99. The monoisotopic (exact) mass is 125 g/mol. The van der Waals surface area contributed by atoms with E-state index in [1.165, 1.54) is 0 Å². The zero-order valence-electron chi connectivity index (χ0n) is 5.61. The van der Waals surface area contributed by atoms with E-state index in [1.807, 2.05) is 13.0 Å². The Kier molecular flexibility index (Phi) is 1.88. The number of carbonyl (C=O) groups is 1. The number of hydrogen-bond donors (Lipinski definition) is 1. The molecule has 0 saturated carbocycles. The average Bonchev–Trinajstić information content (AvgIpc) is 2.18.